The molecule has 0 aliphatic carbocycles. The number of carboxylic acids is 1. The average Bonchev–Trinajstić information content (AvgIpc) is 2.16. The minimum atomic E-state index is -0.761. The second-order valence-corrected chi connectivity index (χ2v) is 4.43. The highest BCUT2D eigenvalue weighted by Crippen LogP contribution is 2.35. The van der Waals surface area contributed by atoms with Gasteiger partial charge in [0, 0.05) is 5.69 Å². The van der Waals surface area contributed by atoms with E-state index >= 15 is 0 Å². The van der Waals surface area contributed by atoms with Gasteiger partial charge in [0.2, 0.25) is 0 Å². The van der Waals surface area contributed by atoms with Crippen LogP contribution >= 0.6 is 15.9 Å². The van der Waals surface area contributed by atoms with Gasteiger partial charge in [0.1, 0.15) is 0 Å². The van der Waals surface area contributed by atoms with Crippen molar-refractivity contribution in [3.63, 3.8) is 0 Å². The lowest BCUT2D eigenvalue weighted by Gasteiger charge is -2.27. The number of carbonyl (C=O) groups is 1. The SMILES string of the molecule is O=C(O)C1CC(Br)Nc2ccccc21. The van der Waals surface area contributed by atoms with Gasteiger partial charge in [-0.25, -0.2) is 0 Å². The summed E-state index contributed by atoms with van der Waals surface area (Å²) in [5.74, 6) is -1.17. The summed E-state index contributed by atoms with van der Waals surface area (Å²) in [5.41, 5.74) is 1.78. The number of aliphatic carboxylic acids is 1. The quantitative estimate of drug-likeness (QED) is 0.599. The highest BCUT2D eigenvalue weighted by molar-refractivity contribution is 9.09. The van der Waals surface area contributed by atoms with E-state index in [0.717, 1.165) is 11.3 Å². The Morgan fingerprint density at radius 3 is 2.93 bits per heavy atom. The van der Waals surface area contributed by atoms with Crippen LogP contribution in [0.25, 0.3) is 0 Å². The third kappa shape index (κ3) is 1.62. The fourth-order valence-electron chi connectivity index (χ4n) is 1.73. The van der Waals surface area contributed by atoms with E-state index in [4.69, 9.17) is 5.11 Å². The number of anilines is 1. The first-order chi connectivity index (χ1) is 6.68. The standard InChI is InChI=1S/C10H10BrNO2/c11-9-5-7(10(13)14)6-3-1-2-4-8(6)12-9/h1-4,7,9,12H,5H2,(H,13,14). The number of benzene rings is 1. The lowest BCUT2D eigenvalue weighted by atomic mass is 9.91. The smallest absolute Gasteiger partial charge is 0.311 e. The summed E-state index contributed by atoms with van der Waals surface area (Å²) >= 11 is 3.39. The molecule has 2 unspecified atom stereocenters. The van der Waals surface area contributed by atoms with E-state index in [1.54, 1.807) is 0 Å². The van der Waals surface area contributed by atoms with Crippen molar-refractivity contribution < 1.29 is 9.90 Å². The van der Waals surface area contributed by atoms with E-state index in [0.29, 0.717) is 6.42 Å². The van der Waals surface area contributed by atoms with Crippen LogP contribution in [-0.2, 0) is 4.79 Å². The largest absolute Gasteiger partial charge is 0.481 e. The van der Waals surface area contributed by atoms with Gasteiger partial charge >= 0.3 is 5.97 Å². The van der Waals surface area contributed by atoms with Gasteiger partial charge in [0.05, 0.1) is 10.9 Å². The highest BCUT2D eigenvalue weighted by atomic mass is 79.9. The first kappa shape index (κ1) is 9.52. The van der Waals surface area contributed by atoms with Crippen LogP contribution in [0.2, 0.25) is 0 Å². The molecule has 0 bridgehead atoms. The summed E-state index contributed by atoms with van der Waals surface area (Å²) < 4.78 is 0. The molecule has 1 aromatic carbocycles. The molecule has 0 saturated carbocycles. The summed E-state index contributed by atoms with van der Waals surface area (Å²) in [5, 5.41) is 12.3. The molecule has 1 aliphatic rings. The summed E-state index contributed by atoms with van der Waals surface area (Å²) in [6, 6.07) is 7.53. The Morgan fingerprint density at radius 2 is 2.21 bits per heavy atom. The molecular weight excluding hydrogens is 246 g/mol. The topological polar surface area (TPSA) is 49.3 Å². The molecule has 4 heteroatoms. The van der Waals surface area contributed by atoms with Crippen molar-refractivity contribution in [3.05, 3.63) is 29.8 Å². The maximum atomic E-state index is 11.0. The van der Waals surface area contributed by atoms with E-state index in [1.807, 2.05) is 24.3 Å². The lowest BCUT2D eigenvalue weighted by Crippen LogP contribution is -2.27. The maximum absolute atomic E-state index is 11.0. The average molecular weight is 256 g/mol. The number of hydrogen-bond acceptors (Lipinski definition) is 2. The Bertz CT molecular complexity index is 367. The molecule has 3 nitrogen and oxygen atoms in total. The fourth-order valence-corrected chi connectivity index (χ4v) is 2.35. The molecule has 2 rings (SSSR count). The molecular formula is C10H10BrNO2. The molecule has 1 heterocycles. The van der Waals surface area contributed by atoms with Gasteiger partial charge in [0.15, 0.2) is 0 Å². The first-order valence-corrected chi connectivity index (χ1v) is 5.32. The molecule has 14 heavy (non-hydrogen) atoms. The van der Waals surface area contributed by atoms with Gasteiger partial charge < -0.3 is 10.4 Å². The van der Waals surface area contributed by atoms with Crippen molar-refractivity contribution in [2.24, 2.45) is 0 Å². The van der Waals surface area contributed by atoms with Crippen LogP contribution in [-0.4, -0.2) is 16.0 Å². The van der Waals surface area contributed by atoms with Gasteiger partial charge in [0.25, 0.3) is 0 Å². The van der Waals surface area contributed by atoms with Crippen molar-refractivity contribution in [2.45, 2.75) is 17.3 Å². The molecule has 2 atom stereocenters. The zero-order chi connectivity index (χ0) is 10.1. The van der Waals surface area contributed by atoms with E-state index < -0.39 is 11.9 Å². The third-order valence-corrected chi connectivity index (χ3v) is 2.99. The Balaban J connectivity index is 2.43. The molecule has 2 N–H and O–H groups in total. The van der Waals surface area contributed by atoms with Gasteiger partial charge in [-0.05, 0) is 18.1 Å². The molecule has 1 aromatic rings. The molecule has 0 radical (unpaired) electrons. The van der Waals surface area contributed by atoms with E-state index in [-0.39, 0.29) is 4.95 Å². The van der Waals surface area contributed by atoms with Gasteiger partial charge in [-0.1, -0.05) is 34.1 Å². The minimum absolute atomic E-state index is 0.0403. The molecule has 0 amide bonds. The zero-order valence-electron chi connectivity index (χ0n) is 7.40. The molecule has 74 valence electrons. The first-order valence-electron chi connectivity index (χ1n) is 4.41. The van der Waals surface area contributed by atoms with Crippen LogP contribution in [0, 0.1) is 0 Å². The number of hydrogen-bond donors (Lipinski definition) is 2. The van der Waals surface area contributed by atoms with E-state index in [9.17, 15) is 4.79 Å². The summed E-state index contributed by atoms with van der Waals surface area (Å²) in [4.78, 5) is 11.1. The number of rotatable bonds is 1. The zero-order valence-corrected chi connectivity index (χ0v) is 8.99. The lowest BCUT2D eigenvalue weighted by molar-refractivity contribution is -0.139. The Hall–Kier alpha value is -1.03. The molecule has 0 spiro atoms. The molecule has 1 aliphatic heterocycles. The number of fused-ring (bicyclic) bond motifs is 1. The molecule has 0 fully saturated rings. The second-order valence-electron chi connectivity index (χ2n) is 3.33. The van der Waals surface area contributed by atoms with Crippen LogP contribution in [0.4, 0.5) is 5.69 Å². The number of nitrogens with one attached hydrogen (secondary N) is 1. The van der Waals surface area contributed by atoms with Crippen LogP contribution in [0.15, 0.2) is 24.3 Å². The second kappa shape index (κ2) is 3.61. The van der Waals surface area contributed by atoms with Crippen molar-refractivity contribution in [1.82, 2.24) is 0 Å². The number of alkyl halides is 1. The van der Waals surface area contributed by atoms with Crippen molar-refractivity contribution in [3.8, 4) is 0 Å². The van der Waals surface area contributed by atoms with Crippen LogP contribution < -0.4 is 5.32 Å². The Kier molecular flexibility index (Phi) is 2.46. The third-order valence-electron chi connectivity index (χ3n) is 2.39. The number of para-hydroxylation sites is 1. The minimum Gasteiger partial charge on any atom is -0.481 e. The van der Waals surface area contributed by atoms with Gasteiger partial charge in [-0.15, -0.1) is 0 Å². The van der Waals surface area contributed by atoms with Gasteiger partial charge in [-0.2, -0.15) is 0 Å². The Morgan fingerprint density at radius 1 is 1.50 bits per heavy atom. The van der Waals surface area contributed by atoms with E-state index in [2.05, 4.69) is 21.2 Å². The van der Waals surface area contributed by atoms with Crippen LogP contribution in [0.5, 0.6) is 0 Å². The monoisotopic (exact) mass is 255 g/mol. The van der Waals surface area contributed by atoms with Crippen LogP contribution in [0.3, 0.4) is 0 Å². The summed E-state index contributed by atoms with van der Waals surface area (Å²) in [7, 11) is 0. The Labute approximate surface area is 90.3 Å². The molecule has 0 saturated heterocycles. The van der Waals surface area contributed by atoms with Crippen molar-refractivity contribution >= 4 is 27.6 Å². The van der Waals surface area contributed by atoms with Crippen molar-refractivity contribution in [2.75, 3.05) is 5.32 Å². The van der Waals surface area contributed by atoms with E-state index in [1.165, 1.54) is 0 Å². The van der Waals surface area contributed by atoms with Crippen LogP contribution in [0.1, 0.15) is 17.9 Å². The van der Waals surface area contributed by atoms with Crippen molar-refractivity contribution in [1.29, 1.82) is 0 Å². The predicted molar refractivity (Wildman–Crippen MR) is 57.8 cm³/mol. The fraction of sp³-hybridized carbons (Fsp3) is 0.300. The predicted octanol–water partition coefficient (Wildman–Crippen LogP) is 2.39. The normalized spacial score (nSPS) is 24.9. The maximum Gasteiger partial charge on any atom is 0.311 e. The molecule has 0 aromatic heterocycles. The highest BCUT2D eigenvalue weighted by Gasteiger charge is 2.29. The van der Waals surface area contributed by atoms with Gasteiger partial charge in [-0.3, -0.25) is 4.79 Å². The summed E-state index contributed by atoms with van der Waals surface area (Å²) in [6.07, 6.45) is 0.576. The number of halogens is 1. The summed E-state index contributed by atoms with van der Waals surface area (Å²) in [6.45, 7) is 0. The number of carboxylic acid groups (broad SMARTS) is 1.